The predicted octanol–water partition coefficient (Wildman–Crippen LogP) is 2.63. The van der Waals surface area contributed by atoms with E-state index in [1.807, 2.05) is 61.7 Å². The van der Waals surface area contributed by atoms with Crippen LogP contribution in [0, 0.1) is 6.92 Å². The summed E-state index contributed by atoms with van der Waals surface area (Å²) in [5.74, 6) is 2.52. The molecule has 6 heteroatoms. The Morgan fingerprint density at radius 2 is 1.79 bits per heavy atom. The topological polar surface area (TPSA) is 56.1 Å². The van der Waals surface area contributed by atoms with Gasteiger partial charge in [0.15, 0.2) is 11.6 Å². The van der Waals surface area contributed by atoms with E-state index in [-0.39, 0.29) is 6.10 Å². The summed E-state index contributed by atoms with van der Waals surface area (Å²) in [5.41, 5.74) is 0.960. The van der Waals surface area contributed by atoms with Crippen molar-refractivity contribution in [3.8, 4) is 11.6 Å². The van der Waals surface area contributed by atoms with Crippen LogP contribution in [0.5, 0.6) is 5.75 Å². The number of benzene rings is 1. The maximum Gasteiger partial charge on any atom is 0.175 e. The lowest BCUT2D eigenvalue weighted by molar-refractivity contribution is 0.225. The average molecular weight is 321 g/mol. The van der Waals surface area contributed by atoms with E-state index in [4.69, 9.17) is 4.74 Å². The summed E-state index contributed by atoms with van der Waals surface area (Å²) in [6.07, 6.45) is 3.05. The number of nitrogens with zero attached hydrogens (tertiary/aromatic N) is 5. The van der Waals surface area contributed by atoms with Crippen LogP contribution in [0.2, 0.25) is 0 Å². The van der Waals surface area contributed by atoms with Gasteiger partial charge < -0.3 is 9.64 Å². The molecule has 4 rings (SSSR count). The highest BCUT2D eigenvalue weighted by molar-refractivity contribution is 5.41. The molecule has 0 spiro atoms. The average Bonchev–Trinajstić information content (AvgIpc) is 3.25. The summed E-state index contributed by atoms with van der Waals surface area (Å²) < 4.78 is 7.75. The van der Waals surface area contributed by atoms with Crippen molar-refractivity contribution in [1.82, 2.24) is 20.0 Å². The van der Waals surface area contributed by atoms with Crippen molar-refractivity contribution in [2.24, 2.45) is 0 Å². The number of aryl methyl sites for hydroxylation is 1. The van der Waals surface area contributed by atoms with Crippen LogP contribution in [-0.4, -0.2) is 39.2 Å². The SMILES string of the molecule is Cc1ccn(-c2ccc(N3CC[C@@H](Oc4ccccc4)C3)nn2)n1. The van der Waals surface area contributed by atoms with E-state index in [1.54, 1.807) is 4.68 Å². The molecule has 1 aliphatic rings. The zero-order valence-corrected chi connectivity index (χ0v) is 13.5. The molecule has 0 saturated carbocycles. The first kappa shape index (κ1) is 14.7. The zero-order chi connectivity index (χ0) is 16.4. The number of ether oxygens (including phenoxy) is 1. The summed E-state index contributed by atoms with van der Waals surface area (Å²) >= 11 is 0. The standard InChI is InChI=1S/C18H19N5O/c1-14-9-12-23(21-14)18-8-7-17(19-20-18)22-11-10-16(13-22)24-15-5-3-2-4-6-15/h2-9,12,16H,10-11,13H2,1H3/t16-/m1/s1. The smallest absolute Gasteiger partial charge is 0.175 e. The van der Waals surface area contributed by atoms with Gasteiger partial charge in [-0.05, 0) is 37.3 Å². The molecule has 0 aliphatic carbocycles. The number of rotatable bonds is 4. The minimum absolute atomic E-state index is 0.183. The van der Waals surface area contributed by atoms with Crippen LogP contribution in [0.1, 0.15) is 12.1 Å². The number of hydrogen-bond acceptors (Lipinski definition) is 5. The highest BCUT2D eigenvalue weighted by atomic mass is 16.5. The van der Waals surface area contributed by atoms with Crippen molar-refractivity contribution >= 4 is 5.82 Å². The molecule has 1 atom stereocenters. The fraction of sp³-hybridized carbons (Fsp3) is 0.278. The van der Waals surface area contributed by atoms with Gasteiger partial charge in [-0.3, -0.25) is 0 Å². The second-order valence-corrected chi connectivity index (χ2v) is 5.94. The van der Waals surface area contributed by atoms with Gasteiger partial charge in [0.2, 0.25) is 0 Å². The van der Waals surface area contributed by atoms with Crippen LogP contribution in [0.15, 0.2) is 54.7 Å². The molecular formula is C18H19N5O. The molecule has 1 fully saturated rings. The Kier molecular flexibility index (Phi) is 3.86. The molecule has 24 heavy (non-hydrogen) atoms. The first-order chi connectivity index (χ1) is 11.8. The second kappa shape index (κ2) is 6.31. The van der Waals surface area contributed by atoms with E-state index in [1.165, 1.54) is 0 Å². The van der Waals surface area contributed by atoms with Crippen LogP contribution in [0.4, 0.5) is 5.82 Å². The number of anilines is 1. The molecule has 0 bridgehead atoms. The third kappa shape index (κ3) is 3.08. The fourth-order valence-corrected chi connectivity index (χ4v) is 2.88. The van der Waals surface area contributed by atoms with Gasteiger partial charge in [-0.1, -0.05) is 18.2 Å². The number of hydrogen-bond donors (Lipinski definition) is 0. The van der Waals surface area contributed by atoms with Gasteiger partial charge in [-0.25, -0.2) is 4.68 Å². The van der Waals surface area contributed by atoms with Crippen LogP contribution in [0.3, 0.4) is 0 Å². The maximum atomic E-state index is 6.02. The first-order valence-electron chi connectivity index (χ1n) is 8.11. The van der Waals surface area contributed by atoms with Gasteiger partial charge in [0, 0.05) is 19.2 Å². The lowest BCUT2D eigenvalue weighted by Crippen LogP contribution is -2.25. The largest absolute Gasteiger partial charge is 0.489 e. The molecule has 2 aromatic heterocycles. The van der Waals surface area contributed by atoms with Gasteiger partial charge in [0.05, 0.1) is 12.2 Å². The minimum atomic E-state index is 0.183. The highest BCUT2D eigenvalue weighted by Gasteiger charge is 2.25. The molecule has 1 aliphatic heterocycles. The lowest BCUT2D eigenvalue weighted by atomic mass is 10.3. The monoisotopic (exact) mass is 321 g/mol. The minimum Gasteiger partial charge on any atom is -0.489 e. The predicted molar refractivity (Wildman–Crippen MR) is 91.6 cm³/mol. The fourth-order valence-electron chi connectivity index (χ4n) is 2.88. The first-order valence-corrected chi connectivity index (χ1v) is 8.11. The molecule has 122 valence electrons. The number of para-hydroxylation sites is 1. The quantitative estimate of drug-likeness (QED) is 0.739. The van der Waals surface area contributed by atoms with E-state index >= 15 is 0 Å². The lowest BCUT2D eigenvalue weighted by Gasteiger charge is -2.17. The molecule has 6 nitrogen and oxygen atoms in total. The Labute approximate surface area is 140 Å². The van der Waals surface area contributed by atoms with Gasteiger partial charge in [0.1, 0.15) is 11.9 Å². The van der Waals surface area contributed by atoms with Crippen molar-refractivity contribution in [2.75, 3.05) is 18.0 Å². The van der Waals surface area contributed by atoms with Gasteiger partial charge in [-0.15, -0.1) is 10.2 Å². The van der Waals surface area contributed by atoms with Crippen molar-refractivity contribution in [1.29, 1.82) is 0 Å². The third-order valence-electron chi connectivity index (χ3n) is 4.11. The summed E-state index contributed by atoms with van der Waals surface area (Å²) in [7, 11) is 0. The molecule has 3 aromatic rings. The summed E-state index contributed by atoms with van der Waals surface area (Å²) in [5, 5.41) is 13.0. The van der Waals surface area contributed by atoms with Crippen molar-refractivity contribution in [3.05, 3.63) is 60.4 Å². The maximum absolute atomic E-state index is 6.02. The third-order valence-corrected chi connectivity index (χ3v) is 4.11. The number of aromatic nitrogens is 4. The Morgan fingerprint density at radius 1 is 1.00 bits per heavy atom. The summed E-state index contributed by atoms with van der Waals surface area (Å²) in [6.45, 7) is 3.70. The van der Waals surface area contributed by atoms with E-state index in [0.717, 1.165) is 42.6 Å². The molecule has 3 heterocycles. The Balaban J connectivity index is 1.41. The van der Waals surface area contributed by atoms with Crippen LogP contribution in [-0.2, 0) is 0 Å². The van der Waals surface area contributed by atoms with Crippen molar-refractivity contribution < 1.29 is 4.74 Å². The van der Waals surface area contributed by atoms with E-state index in [2.05, 4.69) is 20.2 Å². The summed E-state index contributed by atoms with van der Waals surface area (Å²) in [4.78, 5) is 2.21. The summed E-state index contributed by atoms with van der Waals surface area (Å²) in [6, 6.07) is 15.8. The van der Waals surface area contributed by atoms with Crippen LogP contribution in [0.25, 0.3) is 5.82 Å². The molecule has 0 N–H and O–H groups in total. The van der Waals surface area contributed by atoms with Crippen molar-refractivity contribution in [2.45, 2.75) is 19.4 Å². The molecule has 1 aromatic carbocycles. The van der Waals surface area contributed by atoms with E-state index in [0.29, 0.717) is 0 Å². The van der Waals surface area contributed by atoms with Crippen LogP contribution < -0.4 is 9.64 Å². The Morgan fingerprint density at radius 3 is 2.50 bits per heavy atom. The molecule has 0 amide bonds. The normalized spacial score (nSPS) is 17.2. The van der Waals surface area contributed by atoms with E-state index in [9.17, 15) is 0 Å². The molecule has 0 unspecified atom stereocenters. The van der Waals surface area contributed by atoms with Crippen LogP contribution >= 0.6 is 0 Å². The second-order valence-electron chi connectivity index (χ2n) is 5.94. The van der Waals surface area contributed by atoms with Gasteiger partial charge in [0.25, 0.3) is 0 Å². The van der Waals surface area contributed by atoms with E-state index < -0.39 is 0 Å². The molecule has 1 saturated heterocycles. The Hall–Kier alpha value is -2.89. The zero-order valence-electron chi connectivity index (χ0n) is 13.5. The molecular weight excluding hydrogens is 302 g/mol. The highest BCUT2D eigenvalue weighted by Crippen LogP contribution is 2.22. The van der Waals surface area contributed by atoms with Gasteiger partial charge in [-0.2, -0.15) is 5.10 Å². The Bertz CT molecular complexity index is 800. The van der Waals surface area contributed by atoms with Crippen molar-refractivity contribution in [3.63, 3.8) is 0 Å². The van der Waals surface area contributed by atoms with Gasteiger partial charge >= 0.3 is 0 Å². The molecule has 0 radical (unpaired) electrons.